The Balaban J connectivity index is 0. The summed E-state index contributed by atoms with van der Waals surface area (Å²) in [6, 6.07) is 0. The van der Waals surface area contributed by atoms with Gasteiger partial charge in [-0.2, -0.15) is 0 Å². The smallest absolute Gasteiger partial charge is 0.219 e. The molecule has 0 saturated heterocycles. The molecule has 0 aliphatic rings. The van der Waals surface area contributed by atoms with Crippen LogP contribution in [0.15, 0.2) is 36.5 Å². The molecule has 3 N–H and O–H groups in total. The van der Waals surface area contributed by atoms with E-state index in [0.717, 1.165) is 45.1 Å². The first-order chi connectivity index (χ1) is 20.6. The molecule has 0 radical (unpaired) electrons. The Labute approximate surface area is 262 Å². The fraction of sp³-hybridized carbons (Fsp3) is 0.789. The molecule has 0 aliphatic heterocycles. The second-order valence-electron chi connectivity index (χ2n) is 11.8. The molecule has 0 fully saturated rings. The minimum Gasteiger partial charge on any atom is -0.370 e. The molecule has 0 bridgehead atoms. The molecule has 0 saturated carbocycles. The number of rotatable bonds is 30. The fourth-order valence-electron chi connectivity index (χ4n) is 4.74. The van der Waals surface area contributed by atoms with Crippen molar-refractivity contribution in [3.8, 4) is 0 Å². The van der Waals surface area contributed by atoms with Gasteiger partial charge in [-0.25, -0.2) is 0 Å². The van der Waals surface area contributed by atoms with Gasteiger partial charge in [0.15, 0.2) is 0 Å². The second-order valence-corrected chi connectivity index (χ2v) is 11.8. The van der Waals surface area contributed by atoms with Gasteiger partial charge in [0.25, 0.3) is 0 Å². The zero-order chi connectivity index (χ0) is 31.2. The predicted molar refractivity (Wildman–Crippen MR) is 187 cm³/mol. The predicted octanol–water partition coefficient (Wildman–Crippen LogP) is 11.4. The molecule has 0 aromatic heterocycles. The number of unbranched alkanes of at least 4 members (excludes halogenated alkanes) is 18. The maximum atomic E-state index is 11.7. The summed E-state index contributed by atoms with van der Waals surface area (Å²) in [5, 5.41) is 3.03. The van der Waals surface area contributed by atoms with E-state index < -0.39 is 0 Å². The van der Waals surface area contributed by atoms with Gasteiger partial charge in [-0.15, -0.1) is 0 Å². The number of nitrogens with one attached hydrogen (secondary N) is 1. The molecule has 0 atom stereocenters. The zero-order valence-electron chi connectivity index (χ0n) is 28.4. The highest BCUT2D eigenvalue weighted by atomic mass is 16.1. The number of hydrogen-bond donors (Lipinski definition) is 2. The largest absolute Gasteiger partial charge is 0.370 e. The monoisotopic (exact) mass is 589 g/mol. The second kappa shape index (κ2) is 39.2. The lowest BCUT2D eigenvalue weighted by Gasteiger charge is -2.05. The molecule has 4 nitrogen and oxygen atoms in total. The Morgan fingerprint density at radius 3 is 1.45 bits per heavy atom. The molecule has 0 spiro atoms. The lowest BCUT2D eigenvalue weighted by atomic mass is 10.1. The molecule has 0 aliphatic carbocycles. The lowest BCUT2D eigenvalue weighted by molar-refractivity contribution is -0.121. The Hall–Kier alpha value is -1.84. The van der Waals surface area contributed by atoms with Crippen LogP contribution in [0.3, 0.4) is 0 Å². The summed E-state index contributed by atoms with van der Waals surface area (Å²) in [5.74, 6) is 0.0820. The number of carbonyl (C=O) groups excluding carboxylic acids is 2. The van der Waals surface area contributed by atoms with Crippen LogP contribution in [0.2, 0.25) is 0 Å². The third-order valence-corrected chi connectivity index (χ3v) is 7.43. The highest BCUT2D eigenvalue weighted by Crippen LogP contribution is 2.12. The molecule has 0 heterocycles. The van der Waals surface area contributed by atoms with Gasteiger partial charge in [0.2, 0.25) is 11.8 Å². The van der Waals surface area contributed by atoms with Crippen molar-refractivity contribution in [1.82, 2.24) is 5.32 Å². The lowest BCUT2D eigenvalue weighted by Crippen LogP contribution is -2.23. The number of hydrogen-bond acceptors (Lipinski definition) is 2. The van der Waals surface area contributed by atoms with Gasteiger partial charge in [0.1, 0.15) is 0 Å². The van der Waals surface area contributed by atoms with E-state index in [1.807, 2.05) is 0 Å². The van der Waals surface area contributed by atoms with Gasteiger partial charge in [-0.3, -0.25) is 9.59 Å². The third-order valence-electron chi connectivity index (χ3n) is 7.43. The molecule has 42 heavy (non-hydrogen) atoms. The Morgan fingerprint density at radius 2 is 0.929 bits per heavy atom. The van der Waals surface area contributed by atoms with Crippen LogP contribution in [0, 0.1) is 0 Å². The van der Waals surface area contributed by atoms with E-state index in [4.69, 9.17) is 5.73 Å². The van der Waals surface area contributed by atoms with Crippen molar-refractivity contribution in [3.05, 3.63) is 36.5 Å². The highest BCUT2D eigenvalue weighted by Gasteiger charge is 2.00. The van der Waals surface area contributed by atoms with Crippen molar-refractivity contribution < 1.29 is 9.59 Å². The van der Waals surface area contributed by atoms with Gasteiger partial charge in [0, 0.05) is 19.4 Å². The normalized spacial score (nSPS) is 11.4. The van der Waals surface area contributed by atoms with E-state index in [-0.39, 0.29) is 11.8 Å². The molecule has 2 amide bonds. The Kier molecular flexibility index (Phi) is 39.4. The van der Waals surface area contributed by atoms with E-state index in [2.05, 4.69) is 62.5 Å². The summed E-state index contributed by atoms with van der Waals surface area (Å²) in [7, 11) is 0. The first kappa shape index (κ1) is 42.3. The summed E-state index contributed by atoms with van der Waals surface area (Å²) < 4.78 is 0. The van der Waals surface area contributed by atoms with Gasteiger partial charge >= 0.3 is 0 Å². The first-order valence-corrected chi connectivity index (χ1v) is 18.1. The molecule has 4 heteroatoms. The highest BCUT2D eigenvalue weighted by molar-refractivity contribution is 5.75. The maximum absolute atomic E-state index is 11.7. The number of nitrogens with two attached hydrogens (primary N) is 1. The average molecular weight is 589 g/mol. The molecular weight excluding hydrogens is 516 g/mol. The summed E-state index contributed by atoms with van der Waals surface area (Å²) in [6.45, 7) is 7.48. The van der Waals surface area contributed by atoms with Crippen LogP contribution in [0.25, 0.3) is 0 Å². The number of allylic oxidation sites excluding steroid dienone is 6. The van der Waals surface area contributed by atoms with Crippen molar-refractivity contribution in [2.24, 2.45) is 5.73 Å². The van der Waals surface area contributed by atoms with Crippen molar-refractivity contribution in [3.63, 3.8) is 0 Å². The fourth-order valence-corrected chi connectivity index (χ4v) is 4.74. The van der Waals surface area contributed by atoms with Gasteiger partial charge < -0.3 is 11.1 Å². The molecule has 246 valence electrons. The zero-order valence-corrected chi connectivity index (χ0v) is 28.4. The first-order valence-electron chi connectivity index (χ1n) is 18.1. The molecular formula is C38H72N2O2. The van der Waals surface area contributed by atoms with Gasteiger partial charge in [-0.05, 0) is 51.4 Å². The number of carbonyl (C=O) groups is 2. The van der Waals surface area contributed by atoms with Crippen LogP contribution >= 0.6 is 0 Å². The van der Waals surface area contributed by atoms with Crippen LogP contribution in [-0.4, -0.2) is 18.4 Å². The van der Waals surface area contributed by atoms with Crippen molar-refractivity contribution in [2.45, 2.75) is 188 Å². The molecule has 0 unspecified atom stereocenters. The van der Waals surface area contributed by atoms with Crippen LogP contribution in [0.1, 0.15) is 188 Å². The third kappa shape index (κ3) is 42.6. The molecule has 0 aromatic rings. The van der Waals surface area contributed by atoms with Crippen LogP contribution in [0.4, 0.5) is 0 Å². The molecule has 0 rings (SSSR count). The van der Waals surface area contributed by atoms with Crippen molar-refractivity contribution >= 4 is 11.8 Å². The Morgan fingerprint density at radius 1 is 0.500 bits per heavy atom. The van der Waals surface area contributed by atoms with Crippen LogP contribution < -0.4 is 11.1 Å². The summed E-state index contributed by atoms with van der Waals surface area (Å²) in [4.78, 5) is 22.2. The van der Waals surface area contributed by atoms with E-state index in [9.17, 15) is 9.59 Å². The summed E-state index contributed by atoms with van der Waals surface area (Å²) >= 11 is 0. The van der Waals surface area contributed by atoms with Crippen LogP contribution in [-0.2, 0) is 9.59 Å². The average Bonchev–Trinajstić information content (AvgIpc) is 2.98. The molecule has 0 aromatic carbocycles. The minimum absolute atomic E-state index is 0.157. The topological polar surface area (TPSA) is 72.2 Å². The maximum Gasteiger partial charge on any atom is 0.219 e. The summed E-state index contributed by atoms with van der Waals surface area (Å²) in [6.07, 6.45) is 44.5. The van der Waals surface area contributed by atoms with Crippen molar-refractivity contribution in [1.29, 1.82) is 0 Å². The Bertz CT molecular complexity index is 639. The number of primary amides is 1. The van der Waals surface area contributed by atoms with E-state index in [1.165, 1.54) is 116 Å². The summed E-state index contributed by atoms with van der Waals surface area (Å²) in [5.41, 5.74) is 5.07. The standard InChI is InChI=1S/C24H43NO.C14H29NO/c1-3-5-7-9-10-11-12-13-14-15-16-17-18-19-20-22-24(26)25-23-21-8-6-4-2;1-2-3-4-5-6-7-8-9-10-11-12-13-14(15)16/h5,7,10-11,13-14H,3-4,6,8-9,12,15-23H2,1-2H3,(H,25,26);2-13H2,1H3,(H2,15,16)/b7-5-,11-10-,14-13-;. The van der Waals surface area contributed by atoms with Gasteiger partial charge in [0.05, 0.1) is 0 Å². The van der Waals surface area contributed by atoms with E-state index in [1.54, 1.807) is 0 Å². The van der Waals surface area contributed by atoms with Gasteiger partial charge in [-0.1, -0.05) is 160 Å². The number of amides is 2. The van der Waals surface area contributed by atoms with E-state index >= 15 is 0 Å². The quantitative estimate of drug-likeness (QED) is 0.0647. The van der Waals surface area contributed by atoms with Crippen LogP contribution in [0.5, 0.6) is 0 Å². The van der Waals surface area contributed by atoms with E-state index in [0.29, 0.717) is 12.8 Å². The SMILES string of the molecule is CC/C=C\C/C=C\C/C=C\CCCCCCCC(=O)NCCCCCC.CCCCCCCCCCCCCC(N)=O. The minimum atomic E-state index is -0.157. The van der Waals surface area contributed by atoms with Crippen molar-refractivity contribution in [2.75, 3.05) is 6.54 Å².